The molecule has 0 heterocycles. The normalized spacial score (nSPS) is 11.5. The van der Waals surface area contributed by atoms with Gasteiger partial charge in [0.1, 0.15) is 0 Å². The highest BCUT2D eigenvalue weighted by Gasteiger charge is 1.96. The van der Waals surface area contributed by atoms with Crippen molar-refractivity contribution in [3.8, 4) is 0 Å². The average Bonchev–Trinajstić information content (AvgIpc) is 2.62. The van der Waals surface area contributed by atoms with Crippen LogP contribution in [0.2, 0.25) is 0 Å². The summed E-state index contributed by atoms with van der Waals surface area (Å²) in [7, 11) is 0. The zero-order valence-electron chi connectivity index (χ0n) is 17.8. The first-order valence-electron chi connectivity index (χ1n) is 11.8. The molecule has 0 unspecified atom stereocenters. The molecule has 0 aliphatic heterocycles. The van der Waals surface area contributed by atoms with Crippen LogP contribution >= 0.6 is 0 Å². The maximum absolute atomic E-state index is 8.70. The summed E-state index contributed by atoms with van der Waals surface area (Å²) in [6.45, 7) is 3.48. The number of rotatable bonds is 22. The van der Waals surface area contributed by atoms with E-state index >= 15 is 0 Å². The Morgan fingerprint density at radius 3 is 1.12 bits per heavy atom. The predicted octanol–water partition coefficient (Wildman–Crippen LogP) is 6.32. The average molecular weight is 372 g/mol. The van der Waals surface area contributed by atoms with E-state index in [1.54, 1.807) is 0 Å². The third kappa shape index (κ3) is 23.9. The fourth-order valence-electron chi connectivity index (χ4n) is 3.56. The van der Waals surface area contributed by atoms with E-state index in [4.69, 9.17) is 10.2 Å². The zero-order valence-corrected chi connectivity index (χ0v) is 17.8. The molecule has 3 heteroatoms. The molecule has 0 fully saturated rings. The quantitative estimate of drug-likeness (QED) is 0.154. The lowest BCUT2D eigenvalue weighted by atomic mass is 10.0. The highest BCUT2D eigenvalue weighted by atomic mass is 16.5. The number of hydrogen-bond donors (Lipinski definition) is 3. The largest absolute Gasteiger partial charge is 0.367 e. The van der Waals surface area contributed by atoms with Crippen LogP contribution in [0.4, 0.5) is 0 Å². The first kappa shape index (κ1) is 25.9. The van der Waals surface area contributed by atoms with Gasteiger partial charge >= 0.3 is 0 Å². The maximum Gasteiger partial charge on any atom is 0.164 e. The zero-order chi connectivity index (χ0) is 19.1. The van der Waals surface area contributed by atoms with Crippen LogP contribution in [-0.4, -0.2) is 29.6 Å². The van der Waals surface area contributed by atoms with Crippen molar-refractivity contribution >= 4 is 0 Å². The molecule has 0 saturated heterocycles. The van der Waals surface area contributed by atoms with Crippen molar-refractivity contribution in [3.05, 3.63) is 0 Å². The molecule has 0 aliphatic carbocycles. The van der Waals surface area contributed by atoms with Crippen molar-refractivity contribution in [2.24, 2.45) is 0 Å². The minimum Gasteiger partial charge on any atom is -0.367 e. The van der Waals surface area contributed by atoms with Crippen LogP contribution in [0.25, 0.3) is 0 Å². The van der Waals surface area contributed by atoms with Gasteiger partial charge in [-0.2, -0.15) is 0 Å². The van der Waals surface area contributed by atoms with Crippen molar-refractivity contribution < 1.29 is 10.2 Å². The lowest BCUT2D eigenvalue weighted by Crippen LogP contribution is -2.26. The van der Waals surface area contributed by atoms with Gasteiger partial charge in [0, 0.05) is 6.54 Å². The molecule has 158 valence electrons. The molecule has 0 aromatic heterocycles. The summed E-state index contributed by atoms with van der Waals surface area (Å²) >= 11 is 0. The summed E-state index contributed by atoms with van der Waals surface area (Å²) in [6.07, 6.45) is 25.4. The van der Waals surface area contributed by atoms with E-state index in [9.17, 15) is 0 Å². The summed E-state index contributed by atoms with van der Waals surface area (Å²) in [5.41, 5.74) is 0. The third-order valence-electron chi connectivity index (χ3n) is 5.28. The molecular formula is C23H49NO2. The highest BCUT2D eigenvalue weighted by Crippen LogP contribution is 2.14. The van der Waals surface area contributed by atoms with Gasteiger partial charge in [-0.25, -0.2) is 0 Å². The van der Waals surface area contributed by atoms with Gasteiger partial charge in [-0.1, -0.05) is 122 Å². The minimum atomic E-state index is -1.21. The van der Waals surface area contributed by atoms with Gasteiger partial charge in [0.15, 0.2) is 6.29 Å². The topological polar surface area (TPSA) is 52.5 Å². The number of aliphatic hydroxyl groups is 2. The second kappa shape index (κ2) is 22.9. The van der Waals surface area contributed by atoms with Crippen molar-refractivity contribution in [1.82, 2.24) is 5.32 Å². The Bertz CT molecular complexity index is 246. The smallest absolute Gasteiger partial charge is 0.164 e. The Hall–Kier alpha value is -0.120. The molecule has 0 radical (unpaired) electrons. The number of aliphatic hydroxyl groups excluding tert-OH is 1. The van der Waals surface area contributed by atoms with Crippen molar-refractivity contribution in [2.75, 3.05) is 13.1 Å². The molecule has 0 aromatic rings. The first-order valence-corrected chi connectivity index (χ1v) is 11.8. The van der Waals surface area contributed by atoms with Gasteiger partial charge in [-0.05, 0) is 13.0 Å². The van der Waals surface area contributed by atoms with E-state index in [2.05, 4.69) is 12.2 Å². The molecule has 3 nitrogen and oxygen atoms in total. The van der Waals surface area contributed by atoms with E-state index in [1.165, 1.54) is 116 Å². The van der Waals surface area contributed by atoms with Gasteiger partial charge in [-0.3, -0.25) is 0 Å². The van der Waals surface area contributed by atoms with E-state index in [0.29, 0.717) is 6.54 Å². The van der Waals surface area contributed by atoms with Crippen LogP contribution in [0.3, 0.4) is 0 Å². The molecule has 0 saturated carbocycles. The van der Waals surface area contributed by atoms with Gasteiger partial charge in [0.25, 0.3) is 0 Å². The number of nitrogens with one attached hydrogen (secondary N) is 1. The van der Waals surface area contributed by atoms with Gasteiger partial charge in [0.05, 0.1) is 0 Å². The lowest BCUT2D eigenvalue weighted by molar-refractivity contribution is -0.0370. The van der Waals surface area contributed by atoms with E-state index in [-0.39, 0.29) is 0 Å². The standard InChI is InChI=1S/C23H49NO2/c1-2-3-4-5-6-7-8-9-10-11-12-13-14-15-16-17-18-19-20-21-24-22-23(25)26/h23-26H,2-22H2,1H3. The fourth-order valence-corrected chi connectivity index (χ4v) is 3.56. The predicted molar refractivity (Wildman–Crippen MR) is 114 cm³/mol. The summed E-state index contributed by atoms with van der Waals surface area (Å²) in [5.74, 6) is 0. The van der Waals surface area contributed by atoms with Crippen LogP contribution in [0, 0.1) is 0 Å². The minimum absolute atomic E-state index is 0.291. The van der Waals surface area contributed by atoms with E-state index < -0.39 is 6.29 Å². The van der Waals surface area contributed by atoms with E-state index in [1.807, 2.05) is 0 Å². The summed E-state index contributed by atoms with van der Waals surface area (Å²) < 4.78 is 0. The van der Waals surface area contributed by atoms with Crippen LogP contribution < -0.4 is 5.32 Å². The van der Waals surface area contributed by atoms with Crippen molar-refractivity contribution in [1.29, 1.82) is 0 Å². The highest BCUT2D eigenvalue weighted by molar-refractivity contribution is 4.52. The van der Waals surface area contributed by atoms with Crippen LogP contribution in [0.1, 0.15) is 129 Å². The Balaban J connectivity index is 2.97. The molecule has 26 heavy (non-hydrogen) atoms. The Kier molecular flexibility index (Phi) is 22.8. The van der Waals surface area contributed by atoms with Gasteiger partial charge in [0.2, 0.25) is 0 Å². The lowest BCUT2D eigenvalue weighted by Gasteiger charge is -2.06. The monoisotopic (exact) mass is 371 g/mol. The van der Waals surface area contributed by atoms with Crippen molar-refractivity contribution in [2.45, 2.75) is 135 Å². The molecule has 0 aromatic carbocycles. The van der Waals surface area contributed by atoms with E-state index in [0.717, 1.165) is 13.0 Å². The second-order valence-electron chi connectivity index (χ2n) is 8.05. The summed E-state index contributed by atoms with van der Waals surface area (Å²) in [6, 6.07) is 0. The Morgan fingerprint density at radius 2 is 0.808 bits per heavy atom. The van der Waals surface area contributed by atoms with Crippen LogP contribution in [0.15, 0.2) is 0 Å². The molecule has 3 N–H and O–H groups in total. The number of hydrogen-bond acceptors (Lipinski definition) is 3. The van der Waals surface area contributed by atoms with Gasteiger partial charge in [-0.15, -0.1) is 0 Å². The molecular weight excluding hydrogens is 322 g/mol. The Labute approximate surface area is 164 Å². The summed E-state index contributed by atoms with van der Waals surface area (Å²) in [4.78, 5) is 0. The number of unbranched alkanes of at least 4 members (excludes halogenated alkanes) is 18. The van der Waals surface area contributed by atoms with Crippen LogP contribution in [0.5, 0.6) is 0 Å². The Morgan fingerprint density at radius 1 is 0.500 bits per heavy atom. The third-order valence-corrected chi connectivity index (χ3v) is 5.28. The van der Waals surface area contributed by atoms with Crippen molar-refractivity contribution in [3.63, 3.8) is 0 Å². The molecule has 0 spiro atoms. The first-order chi connectivity index (χ1) is 12.8. The van der Waals surface area contributed by atoms with Crippen LogP contribution in [-0.2, 0) is 0 Å². The molecule has 0 bridgehead atoms. The molecule has 0 aliphatic rings. The van der Waals surface area contributed by atoms with Gasteiger partial charge < -0.3 is 15.5 Å². The molecule has 0 atom stereocenters. The summed E-state index contributed by atoms with van der Waals surface area (Å²) in [5, 5.41) is 20.4. The molecule has 0 amide bonds. The second-order valence-corrected chi connectivity index (χ2v) is 8.05. The maximum atomic E-state index is 8.70. The fraction of sp³-hybridized carbons (Fsp3) is 1.00. The molecule has 0 rings (SSSR count). The SMILES string of the molecule is CCCCCCCCCCCCCCCCCCCCCNCC(O)O.